The Balaban J connectivity index is 1.96. The van der Waals surface area contributed by atoms with Crippen LogP contribution in [0.2, 0.25) is 0 Å². The molecule has 21 heavy (non-hydrogen) atoms. The van der Waals surface area contributed by atoms with E-state index in [0.29, 0.717) is 15.8 Å². The van der Waals surface area contributed by atoms with Gasteiger partial charge in [-0.15, -0.1) is 11.3 Å². The van der Waals surface area contributed by atoms with Crippen LogP contribution in [0.1, 0.15) is 20.3 Å². The molecule has 0 bridgehead atoms. The molecule has 2 aromatic heterocycles. The van der Waals surface area contributed by atoms with Gasteiger partial charge in [0.15, 0.2) is 0 Å². The number of nitrogens with zero attached hydrogens (tertiary/aromatic N) is 1. The molecule has 0 aromatic carbocycles. The maximum Gasteiger partial charge on any atom is 0.271 e. The fourth-order valence-corrected chi connectivity index (χ4v) is 3.71. The van der Waals surface area contributed by atoms with Crippen molar-refractivity contribution in [3.05, 3.63) is 35.8 Å². The molecule has 0 amide bonds. The minimum Gasteiger partial charge on any atom is -0.370 e. The lowest BCUT2D eigenvalue weighted by molar-refractivity contribution is 0.603. The molecule has 0 aliphatic heterocycles. The minimum atomic E-state index is -3.50. The standard InChI is InChI=1S/C14H19N3O2S2/c1-11(2)7-8-15-13-6-5-12(10-16-13)17-21(18,19)14-4-3-9-20-14/h3-6,9-11,17H,7-8H2,1-2H3,(H,15,16). The molecule has 0 aliphatic rings. The van der Waals surface area contributed by atoms with Gasteiger partial charge in [-0.05, 0) is 35.9 Å². The van der Waals surface area contributed by atoms with Gasteiger partial charge >= 0.3 is 0 Å². The van der Waals surface area contributed by atoms with Crippen molar-refractivity contribution < 1.29 is 8.42 Å². The van der Waals surface area contributed by atoms with Crippen molar-refractivity contribution in [2.45, 2.75) is 24.5 Å². The summed E-state index contributed by atoms with van der Waals surface area (Å²) in [6.45, 7) is 5.18. The van der Waals surface area contributed by atoms with Crippen LogP contribution in [0.3, 0.4) is 0 Å². The van der Waals surface area contributed by atoms with Crippen LogP contribution in [-0.2, 0) is 10.0 Å². The molecule has 0 unspecified atom stereocenters. The predicted octanol–water partition coefficient (Wildman–Crippen LogP) is 3.40. The van der Waals surface area contributed by atoms with Crippen LogP contribution in [-0.4, -0.2) is 19.9 Å². The second kappa shape index (κ2) is 6.91. The van der Waals surface area contributed by atoms with E-state index in [1.807, 2.05) is 0 Å². The monoisotopic (exact) mass is 325 g/mol. The number of anilines is 2. The van der Waals surface area contributed by atoms with E-state index in [1.54, 1.807) is 29.6 Å². The summed E-state index contributed by atoms with van der Waals surface area (Å²) in [4.78, 5) is 4.21. The number of hydrogen-bond donors (Lipinski definition) is 2. The molecular weight excluding hydrogens is 306 g/mol. The van der Waals surface area contributed by atoms with Gasteiger partial charge in [-0.3, -0.25) is 4.72 Å². The molecule has 0 saturated heterocycles. The van der Waals surface area contributed by atoms with E-state index < -0.39 is 10.0 Å². The Bertz CT molecular complexity index is 650. The Morgan fingerprint density at radius 3 is 2.67 bits per heavy atom. The number of nitrogens with one attached hydrogen (secondary N) is 2. The fraction of sp³-hybridized carbons (Fsp3) is 0.357. The van der Waals surface area contributed by atoms with Crippen LogP contribution >= 0.6 is 11.3 Å². The molecule has 2 rings (SSSR count). The molecule has 0 fully saturated rings. The van der Waals surface area contributed by atoms with Gasteiger partial charge in [-0.25, -0.2) is 13.4 Å². The second-order valence-electron chi connectivity index (χ2n) is 5.08. The minimum absolute atomic E-state index is 0.293. The van der Waals surface area contributed by atoms with Crippen molar-refractivity contribution in [2.24, 2.45) is 5.92 Å². The lowest BCUT2D eigenvalue weighted by atomic mass is 10.1. The highest BCUT2D eigenvalue weighted by Crippen LogP contribution is 2.20. The molecule has 2 heterocycles. The molecule has 2 aromatic rings. The highest BCUT2D eigenvalue weighted by molar-refractivity contribution is 7.94. The second-order valence-corrected chi connectivity index (χ2v) is 7.94. The summed E-state index contributed by atoms with van der Waals surface area (Å²) in [5.41, 5.74) is 0.456. The van der Waals surface area contributed by atoms with Crippen molar-refractivity contribution in [3.8, 4) is 0 Å². The number of sulfonamides is 1. The number of thiophene rings is 1. The molecule has 0 saturated carbocycles. The number of rotatable bonds is 7. The van der Waals surface area contributed by atoms with E-state index in [2.05, 4.69) is 28.9 Å². The van der Waals surface area contributed by atoms with Crippen molar-refractivity contribution in [3.63, 3.8) is 0 Å². The van der Waals surface area contributed by atoms with Crippen molar-refractivity contribution >= 4 is 32.9 Å². The first-order chi connectivity index (χ1) is 9.97. The predicted molar refractivity (Wildman–Crippen MR) is 87.3 cm³/mol. The summed E-state index contributed by atoms with van der Waals surface area (Å²) in [6.07, 6.45) is 2.58. The highest BCUT2D eigenvalue weighted by Gasteiger charge is 2.15. The highest BCUT2D eigenvalue weighted by atomic mass is 32.2. The van der Waals surface area contributed by atoms with Crippen molar-refractivity contribution in [1.82, 2.24) is 4.98 Å². The van der Waals surface area contributed by atoms with Crippen LogP contribution in [0, 0.1) is 5.92 Å². The summed E-state index contributed by atoms with van der Waals surface area (Å²) in [6, 6.07) is 6.75. The van der Waals surface area contributed by atoms with Crippen LogP contribution < -0.4 is 10.0 Å². The van der Waals surface area contributed by atoms with Crippen LogP contribution in [0.15, 0.2) is 40.1 Å². The van der Waals surface area contributed by atoms with Gasteiger partial charge in [-0.2, -0.15) is 0 Å². The summed E-state index contributed by atoms with van der Waals surface area (Å²) in [7, 11) is -3.50. The van der Waals surface area contributed by atoms with E-state index in [1.165, 1.54) is 17.5 Å². The van der Waals surface area contributed by atoms with E-state index in [9.17, 15) is 8.42 Å². The van der Waals surface area contributed by atoms with Crippen LogP contribution in [0.4, 0.5) is 11.5 Å². The smallest absolute Gasteiger partial charge is 0.271 e. The largest absolute Gasteiger partial charge is 0.370 e. The first-order valence-electron chi connectivity index (χ1n) is 6.73. The SMILES string of the molecule is CC(C)CCNc1ccc(NS(=O)(=O)c2cccs2)cn1. The van der Waals surface area contributed by atoms with Crippen LogP contribution in [0.5, 0.6) is 0 Å². The number of hydrogen-bond acceptors (Lipinski definition) is 5. The van der Waals surface area contributed by atoms with Gasteiger partial charge in [0.1, 0.15) is 10.0 Å². The van der Waals surface area contributed by atoms with E-state index in [4.69, 9.17) is 0 Å². The number of pyridine rings is 1. The van der Waals surface area contributed by atoms with Crippen molar-refractivity contribution in [2.75, 3.05) is 16.6 Å². The molecule has 114 valence electrons. The van der Waals surface area contributed by atoms with Gasteiger partial charge in [0.25, 0.3) is 10.0 Å². The van der Waals surface area contributed by atoms with Gasteiger partial charge in [-0.1, -0.05) is 19.9 Å². The van der Waals surface area contributed by atoms with Gasteiger partial charge < -0.3 is 5.32 Å². The Kier molecular flexibility index (Phi) is 5.19. The third kappa shape index (κ3) is 4.71. The first kappa shape index (κ1) is 15.8. The quantitative estimate of drug-likeness (QED) is 0.818. The lowest BCUT2D eigenvalue weighted by Gasteiger charge is -2.09. The van der Waals surface area contributed by atoms with E-state index in [0.717, 1.165) is 18.8 Å². The molecule has 7 heteroatoms. The molecule has 0 spiro atoms. The molecular formula is C14H19N3O2S2. The third-order valence-corrected chi connectivity index (χ3v) is 5.58. The molecule has 5 nitrogen and oxygen atoms in total. The fourth-order valence-electron chi connectivity index (χ4n) is 1.67. The molecule has 0 radical (unpaired) electrons. The number of aromatic nitrogens is 1. The van der Waals surface area contributed by atoms with E-state index >= 15 is 0 Å². The average Bonchev–Trinajstić information content (AvgIpc) is 2.95. The van der Waals surface area contributed by atoms with Gasteiger partial charge in [0.2, 0.25) is 0 Å². The lowest BCUT2D eigenvalue weighted by Crippen LogP contribution is -2.12. The zero-order valence-corrected chi connectivity index (χ0v) is 13.7. The third-order valence-electron chi connectivity index (χ3n) is 2.80. The maximum absolute atomic E-state index is 12.1. The molecule has 2 N–H and O–H groups in total. The average molecular weight is 325 g/mol. The Labute approximate surface area is 129 Å². The summed E-state index contributed by atoms with van der Waals surface area (Å²) in [5.74, 6) is 1.38. The Hall–Kier alpha value is -1.60. The zero-order valence-electron chi connectivity index (χ0n) is 12.0. The zero-order chi connectivity index (χ0) is 15.3. The summed E-state index contributed by atoms with van der Waals surface area (Å²) < 4.78 is 26.9. The van der Waals surface area contributed by atoms with E-state index in [-0.39, 0.29) is 0 Å². The first-order valence-corrected chi connectivity index (χ1v) is 9.10. The Morgan fingerprint density at radius 2 is 2.10 bits per heavy atom. The maximum atomic E-state index is 12.1. The molecule has 0 aliphatic carbocycles. The van der Waals surface area contributed by atoms with Crippen molar-refractivity contribution in [1.29, 1.82) is 0 Å². The molecule has 0 atom stereocenters. The normalized spacial score (nSPS) is 11.6. The van der Waals surface area contributed by atoms with Crippen LogP contribution in [0.25, 0.3) is 0 Å². The van der Waals surface area contributed by atoms with Gasteiger partial charge in [0.05, 0.1) is 11.9 Å². The van der Waals surface area contributed by atoms with Gasteiger partial charge in [0, 0.05) is 6.54 Å². The Morgan fingerprint density at radius 1 is 1.29 bits per heavy atom. The summed E-state index contributed by atoms with van der Waals surface area (Å²) >= 11 is 1.18. The topological polar surface area (TPSA) is 71.1 Å². The summed E-state index contributed by atoms with van der Waals surface area (Å²) in [5, 5.41) is 4.94.